The molecule has 0 aliphatic rings. The smallest absolute Gasteiger partial charge is 0.274 e. The summed E-state index contributed by atoms with van der Waals surface area (Å²) in [4.78, 5) is 32.6. The molecule has 0 fully saturated rings. The van der Waals surface area contributed by atoms with Gasteiger partial charge in [0.05, 0.1) is 41.4 Å². The molecule has 0 unspecified atom stereocenters. The number of aromatic nitrogens is 3. The number of hydrogen-bond donors (Lipinski definition) is 0. The molecule has 0 N–H and O–H groups in total. The minimum atomic E-state index is -0.187. The minimum Gasteiger partial charge on any atom is -0.497 e. The molecule has 1 amide bonds. The molecule has 5 rings (SSSR count). The molecule has 0 bridgehead atoms. The molecule has 2 heterocycles. The van der Waals surface area contributed by atoms with E-state index in [0.29, 0.717) is 28.1 Å². The lowest BCUT2D eigenvalue weighted by Crippen LogP contribution is -2.33. The lowest BCUT2D eigenvalue weighted by Gasteiger charge is -2.20. The average Bonchev–Trinajstić information content (AvgIpc) is 3.29. The van der Waals surface area contributed by atoms with E-state index in [1.165, 1.54) is 16.0 Å². The molecular formula is C26H22N4O3S. The molecule has 8 heteroatoms. The summed E-state index contributed by atoms with van der Waals surface area (Å²) in [5.41, 5.74) is 2.17. The molecule has 0 atom stereocenters. The maximum absolute atomic E-state index is 13.7. The van der Waals surface area contributed by atoms with E-state index in [4.69, 9.17) is 9.72 Å². The number of aryl methyl sites for hydroxylation is 1. The van der Waals surface area contributed by atoms with Crippen molar-refractivity contribution in [2.75, 3.05) is 12.0 Å². The van der Waals surface area contributed by atoms with Crippen LogP contribution >= 0.6 is 11.3 Å². The van der Waals surface area contributed by atoms with Crippen LogP contribution < -0.4 is 15.2 Å². The SMILES string of the molecule is COc1ccc2nc(N(Cc3ccccc3)C(=O)Cc3nn(C)c(=O)c4ccccc34)sc2c1. The average molecular weight is 471 g/mol. The van der Waals surface area contributed by atoms with Crippen molar-refractivity contribution in [1.82, 2.24) is 14.8 Å². The van der Waals surface area contributed by atoms with Crippen LogP contribution in [-0.4, -0.2) is 27.8 Å². The van der Waals surface area contributed by atoms with E-state index in [1.807, 2.05) is 66.7 Å². The zero-order valence-corrected chi connectivity index (χ0v) is 19.6. The minimum absolute atomic E-state index is 0.0424. The number of carbonyl (C=O) groups excluding carboxylic acids is 1. The van der Waals surface area contributed by atoms with Crippen molar-refractivity contribution in [2.45, 2.75) is 13.0 Å². The molecular weight excluding hydrogens is 448 g/mol. The topological polar surface area (TPSA) is 77.3 Å². The van der Waals surface area contributed by atoms with Crippen LogP contribution in [0.15, 0.2) is 77.6 Å². The van der Waals surface area contributed by atoms with Gasteiger partial charge in [-0.25, -0.2) is 9.67 Å². The number of ether oxygens (including phenoxy) is 1. The number of benzene rings is 3. The Kier molecular flexibility index (Phi) is 5.81. The summed E-state index contributed by atoms with van der Waals surface area (Å²) in [6.07, 6.45) is 0.0424. The predicted octanol–water partition coefficient (Wildman–Crippen LogP) is 4.33. The number of thiazole rings is 1. The van der Waals surface area contributed by atoms with Crippen molar-refractivity contribution >= 4 is 43.4 Å². The van der Waals surface area contributed by atoms with E-state index in [1.54, 1.807) is 25.1 Å². The van der Waals surface area contributed by atoms with Gasteiger partial charge >= 0.3 is 0 Å². The summed E-state index contributed by atoms with van der Waals surface area (Å²) in [6, 6.07) is 22.7. The van der Waals surface area contributed by atoms with Gasteiger partial charge in [0.15, 0.2) is 5.13 Å². The van der Waals surface area contributed by atoms with Crippen LogP contribution in [0.25, 0.3) is 21.0 Å². The van der Waals surface area contributed by atoms with Crippen molar-refractivity contribution in [3.63, 3.8) is 0 Å². The lowest BCUT2D eigenvalue weighted by atomic mass is 10.1. The van der Waals surface area contributed by atoms with Crippen LogP contribution in [-0.2, 0) is 24.8 Å². The summed E-state index contributed by atoms with van der Waals surface area (Å²) in [7, 11) is 3.23. The quantitative estimate of drug-likeness (QED) is 0.369. The first-order chi connectivity index (χ1) is 16.5. The van der Waals surface area contributed by atoms with Crippen molar-refractivity contribution < 1.29 is 9.53 Å². The van der Waals surface area contributed by atoms with Gasteiger partial charge in [0, 0.05) is 12.4 Å². The number of nitrogens with zero attached hydrogens (tertiary/aromatic N) is 4. The number of amides is 1. The van der Waals surface area contributed by atoms with Crippen molar-refractivity contribution in [1.29, 1.82) is 0 Å². The van der Waals surface area contributed by atoms with Crippen molar-refractivity contribution in [2.24, 2.45) is 7.05 Å². The molecule has 5 aromatic rings. The van der Waals surface area contributed by atoms with Crippen LogP contribution in [0.2, 0.25) is 0 Å². The molecule has 0 saturated heterocycles. The zero-order chi connectivity index (χ0) is 23.7. The molecule has 34 heavy (non-hydrogen) atoms. The number of hydrogen-bond acceptors (Lipinski definition) is 6. The van der Waals surface area contributed by atoms with Gasteiger partial charge in [-0.3, -0.25) is 14.5 Å². The fourth-order valence-electron chi connectivity index (χ4n) is 3.91. The summed E-state index contributed by atoms with van der Waals surface area (Å²) in [6.45, 7) is 0.375. The molecule has 0 aliphatic carbocycles. The fourth-order valence-corrected chi connectivity index (χ4v) is 4.92. The summed E-state index contributed by atoms with van der Waals surface area (Å²) < 4.78 is 7.56. The molecule has 0 saturated carbocycles. The van der Waals surface area contributed by atoms with Gasteiger partial charge in [0.2, 0.25) is 5.91 Å². The Morgan fingerprint density at radius 2 is 1.76 bits per heavy atom. The Bertz CT molecular complexity index is 1560. The third-order valence-electron chi connectivity index (χ3n) is 5.65. The highest BCUT2D eigenvalue weighted by Gasteiger charge is 2.23. The van der Waals surface area contributed by atoms with E-state index < -0.39 is 0 Å². The van der Waals surface area contributed by atoms with E-state index in [0.717, 1.165) is 21.5 Å². The number of rotatable bonds is 6. The largest absolute Gasteiger partial charge is 0.497 e. The highest BCUT2D eigenvalue weighted by atomic mass is 32.1. The van der Waals surface area contributed by atoms with Crippen molar-refractivity contribution in [3.05, 3.63) is 94.4 Å². The summed E-state index contributed by atoms with van der Waals surface area (Å²) in [5.74, 6) is 0.593. The summed E-state index contributed by atoms with van der Waals surface area (Å²) >= 11 is 1.44. The first-order valence-electron chi connectivity index (χ1n) is 10.8. The maximum atomic E-state index is 13.7. The Labute approximate surface area is 199 Å². The second-order valence-corrected chi connectivity index (χ2v) is 8.90. The summed E-state index contributed by atoms with van der Waals surface area (Å²) in [5, 5.41) is 6.25. The molecule has 2 aromatic heterocycles. The Hall–Kier alpha value is -4.04. The first-order valence-corrected chi connectivity index (χ1v) is 11.6. The van der Waals surface area contributed by atoms with Crippen LogP contribution in [0, 0.1) is 0 Å². The highest BCUT2D eigenvalue weighted by Crippen LogP contribution is 2.32. The lowest BCUT2D eigenvalue weighted by molar-refractivity contribution is -0.118. The number of anilines is 1. The Morgan fingerprint density at radius 1 is 1.03 bits per heavy atom. The van der Waals surface area contributed by atoms with Gasteiger partial charge in [-0.05, 0) is 29.8 Å². The molecule has 170 valence electrons. The third kappa shape index (κ3) is 4.15. The van der Waals surface area contributed by atoms with E-state index in [-0.39, 0.29) is 17.9 Å². The van der Waals surface area contributed by atoms with Gasteiger partial charge in [0.1, 0.15) is 5.75 Å². The third-order valence-corrected chi connectivity index (χ3v) is 6.69. The van der Waals surface area contributed by atoms with E-state index >= 15 is 0 Å². The number of fused-ring (bicyclic) bond motifs is 2. The van der Waals surface area contributed by atoms with Gasteiger partial charge in [-0.2, -0.15) is 5.10 Å². The second kappa shape index (κ2) is 9.07. The highest BCUT2D eigenvalue weighted by molar-refractivity contribution is 7.22. The molecule has 0 radical (unpaired) electrons. The van der Waals surface area contributed by atoms with Gasteiger partial charge < -0.3 is 4.74 Å². The molecule has 7 nitrogen and oxygen atoms in total. The molecule has 0 aliphatic heterocycles. The van der Waals surface area contributed by atoms with Crippen molar-refractivity contribution in [3.8, 4) is 5.75 Å². The zero-order valence-electron chi connectivity index (χ0n) is 18.8. The monoisotopic (exact) mass is 470 g/mol. The van der Waals surface area contributed by atoms with Gasteiger partial charge in [-0.1, -0.05) is 59.9 Å². The Morgan fingerprint density at radius 3 is 2.53 bits per heavy atom. The molecule has 0 spiro atoms. The van der Waals surface area contributed by atoms with Gasteiger partial charge in [0.25, 0.3) is 5.56 Å². The second-order valence-electron chi connectivity index (χ2n) is 7.89. The number of carbonyl (C=O) groups is 1. The number of methoxy groups -OCH3 is 1. The van der Waals surface area contributed by atoms with Gasteiger partial charge in [-0.15, -0.1) is 0 Å². The van der Waals surface area contributed by atoms with Crippen LogP contribution in [0.3, 0.4) is 0 Å². The standard InChI is InChI=1S/C26H22N4O3S/c1-29-25(32)20-11-7-6-10-19(20)22(28-29)15-24(31)30(16-17-8-4-3-5-9-17)26-27-21-13-12-18(33-2)14-23(21)34-26/h3-14H,15-16H2,1-2H3. The van der Waals surface area contributed by atoms with Crippen LogP contribution in [0.5, 0.6) is 5.75 Å². The normalized spacial score (nSPS) is 11.1. The molecule has 3 aromatic carbocycles. The van der Waals surface area contributed by atoms with Crippen LogP contribution in [0.4, 0.5) is 5.13 Å². The predicted molar refractivity (Wildman–Crippen MR) is 134 cm³/mol. The maximum Gasteiger partial charge on any atom is 0.274 e. The van der Waals surface area contributed by atoms with E-state index in [9.17, 15) is 9.59 Å². The fraction of sp³-hybridized carbons (Fsp3) is 0.154. The first kappa shape index (κ1) is 21.8. The van der Waals surface area contributed by atoms with Crippen LogP contribution in [0.1, 0.15) is 11.3 Å². The van der Waals surface area contributed by atoms with E-state index in [2.05, 4.69) is 5.10 Å². The Balaban J connectivity index is 1.56.